The normalized spacial score (nSPS) is 20.7. The van der Waals surface area contributed by atoms with Gasteiger partial charge in [-0.05, 0) is 25.0 Å². The number of aromatic nitrogens is 6. The van der Waals surface area contributed by atoms with E-state index in [-0.39, 0.29) is 12.1 Å². The summed E-state index contributed by atoms with van der Waals surface area (Å²) in [6.07, 6.45) is 7.84. The molecule has 0 aliphatic heterocycles. The SMILES string of the molecule is N[C@H]1CCCC[C@@H]1Nc1nc(-n2cnc3ccccc32)c2[nH]cnc2n1. The van der Waals surface area contributed by atoms with Crippen LogP contribution in [0.1, 0.15) is 25.7 Å². The topological polar surface area (TPSA) is 110 Å². The molecule has 5 rings (SSSR count). The number of hydrogen-bond acceptors (Lipinski definition) is 6. The van der Waals surface area contributed by atoms with E-state index in [2.05, 4.69) is 25.3 Å². The molecule has 4 aromatic rings. The molecule has 1 aliphatic rings. The highest BCUT2D eigenvalue weighted by atomic mass is 15.2. The molecule has 0 unspecified atom stereocenters. The summed E-state index contributed by atoms with van der Waals surface area (Å²) in [6, 6.07) is 8.29. The Morgan fingerprint density at radius 2 is 2.00 bits per heavy atom. The molecule has 0 saturated heterocycles. The number of nitrogens with zero attached hydrogens (tertiary/aromatic N) is 5. The van der Waals surface area contributed by atoms with E-state index in [1.165, 1.54) is 12.8 Å². The lowest BCUT2D eigenvalue weighted by Crippen LogP contribution is -2.43. The predicted octanol–water partition coefficient (Wildman–Crippen LogP) is 2.37. The summed E-state index contributed by atoms with van der Waals surface area (Å²) in [4.78, 5) is 21.3. The van der Waals surface area contributed by atoms with Crippen LogP contribution in [0.25, 0.3) is 28.0 Å². The molecule has 0 bridgehead atoms. The molecule has 8 nitrogen and oxygen atoms in total. The van der Waals surface area contributed by atoms with Gasteiger partial charge in [-0.15, -0.1) is 0 Å². The number of benzene rings is 1. The van der Waals surface area contributed by atoms with E-state index in [1.54, 1.807) is 12.7 Å². The van der Waals surface area contributed by atoms with Crippen LogP contribution in [-0.4, -0.2) is 41.6 Å². The van der Waals surface area contributed by atoms with Crippen molar-refractivity contribution in [3.8, 4) is 5.82 Å². The van der Waals surface area contributed by atoms with Crippen LogP contribution >= 0.6 is 0 Å². The summed E-state index contributed by atoms with van der Waals surface area (Å²) in [5.41, 5.74) is 9.59. The number of para-hydroxylation sites is 2. The van der Waals surface area contributed by atoms with Crippen molar-refractivity contribution in [1.82, 2.24) is 29.5 Å². The molecular weight excluding hydrogens is 328 g/mol. The lowest BCUT2D eigenvalue weighted by Gasteiger charge is -2.29. The molecule has 132 valence electrons. The Balaban J connectivity index is 1.61. The maximum absolute atomic E-state index is 6.27. The second-order valence-electron chi connectivity index (χ2n) is 6.77. The summed E-state index contributed by atoms with van der Waals surface area (Å²) in [5, 5.41) is 3.43. The van der Waals surface area contributed by atoms with Gasteiger partial charge in [0, 0.05) is 12.1 Å². The van der Waals surface area contributed by atoms with Crippen molar-refractivity contribution in [3.05, 3.63) is 36.9 Å². The van der Waals surface area contributed by atoms with E-state index in [9.17, 15) is 0 Å². The number of aromatic amines is 1. The third-order valence-electron chi connectivity index (χ3n) is 5.08. The average molecular weight is 348 g/mol. The van der Waals surface area contributed by atoms with Crippen molar-refractivity contribution >= 4 is 28.1 Å². The zero-order chi connectivity index (χ0) is 17.5. The van der Waals surface area contributed by atoms with Crippen LogP contribution in [0.5, 0.6) is 0 Å². The Morgan fingerprint density at radius 3 is 2.92 bits per heavy atom. The Hall–Kier alpha value is -3.00. The maximum Gasteiger partial charge on any atom is 0.227 e. The van der Waals surface area contributed by atoms with Crippen molar-refractivity contribution in [2.75, 3.05) is 5.32 Å². The number of rotatable bonds is 3. The zero-order valence-corrected chi connectivity index (χ0v) is 14.3. The van der Waals surface area contributed by atoms with E-state index in [0.717, 1.165) is 35.2 Å². The molecule has 0 spiro atoms. The zero-order valence-electron chi connectivity index (χ0n) is 14.3. The molecule has 1 aromatic carbocycles. The Morgan fingerprint density at radius 1 is 1.12 bits per heavy atom. The third-order valence-corrected chi connectivity index (χ3v) is 5.08. The lowest BCUT2D eigenvalue weighted by atomic mass is 9.91. The van der Waals surface area contributed by atoms with Crippen LogP contribution in [0.3, 0.4) is 0 Å². The van der Waals surface area contributed by atoms with E-state index in [1.807, 2.05) is 28.8 Å². The van der Waals surface area contributed by atoms with Gasteiger partial charge < -0.3 is 16.0 Å². The number of imidazole rings is 2. The van der Waals surface area contributed by atoms with Gasteiger partial charge in [0.1, 0.15) is 11.8 Å². The van der Waals surface area contributed by atoms with Gasteiger partial charge in [0.2, 0.25) is 5.95 Å². The fourth-order valence-corrected chi connectivity index (χ4v) is 3.69. The fourth-order valence-electron chi connectivity index (χ4n) is 3.69. The summed E-state index contributed by atoms with van der Waals surface area (Å²) in [7, 11) is 0. The molecule has 3 aromatic heterocycles. The van der Waals surface area contributed by atoms with Gasteiger partial charge in [0.05, 0.1) is 17.4 Å². The molecule has 26 heavy (non-hydrogen) atoms. The van der Waals surface area contributed by atoms with Crippen LogP contribution in [0.15, 0.2) is 36.9 Å². The van der Waals surface area contributed by atoms with Gasteiger partial charge in [-0.3, -0.25) is 4.57 Å². The first-order chi connectivity index (χ1) is 12.8. The number of fused-ring (bicyclic) bond motifs is 2. The molecule has 1 saturated carbocycles. The van der Waals surface area contributed by atoms with Crippen LogP contribution in [0.4, 0.5) is 5.95 Å². The number of nitrogens with one attached hydrogen (secondary N) is 2. The second kappa shape index (κ2) is 6.06. The van der Waals surface area contributed by atoms with Gasteiger partial charge in [-0.25, -0.2) is 9.97 Å². The highest BCUT2D eigenvalue weighted by molar-refractivity contribution is 5.84. The van der Waals surface area contributed by atoms with Gasteiger partial charge in [0.25, 0.3) is 0 Å². The minimum Gasteiger partial charge on any atom is -0.350 e. The van der Waals surface area contributed by atoms with Crippen molar-refractivity contribution in [2.45, 2.75) is 37.8 Å². The molecule has 0 radical (unpaired) electrons. The molecule has 1 aliphatic carbocycles. The molecular formula is C18H20N8. The van der Waals surface area contributed by atoms with Crippen molar-refractivity contribution in [1.29, 1.82) is 0 Å². The number of hydrogen-bond donors (Lipinski definition) is 3. The molecule has 3 heterocycles. The predicted molar refractivity (Wildman–Crippen MR) is 100 cm³/mol. The van der Waals surface area contributed by atoms with Crippen LogP contribution in [-0.2, 0) is 0 Å². The maximum atomic E-state index is 6.27. The van der Waals surface area contributed by atoms with E-state index >= 15 is 0 Å². The van der Waals surface area contributed by atoms with Crippen LogP contribution in [0.2, 0.25) is 0 Å². The first-order valence-corrected chi connectivity index (χ1v) is 8.95. The Kier molecular flexibility index (Phi) is 3.56. The highest BCUT2D eigenvalue weighted by Crippen LogP contribution is 2.24. The number of nitrogens with two attached hydrogens (primary N) is 1. The number of H-pyrrole nitrogens is 1. The summed E-state index contributed by atoms with van der Waals surface area (Å²) in [6.45, 7) is 0. The minimum absolute atomic E-state index is 0.125. The molecule has 8 heteroatoms. The fraction of sp³-hybridized carbons (Fsp3) is 0.333. The Bertz CT molecular complexity index is 1070. The van der Waals surface area contributed by atoms with E-state index < -0.39 is 0 Å². The second-order valence-corrected chi connectivity index (χ2v) is 6.77. The molecule has 4 N–H and O–H groups in total. The van der Waals surface area contributed by atoms with Gasteiger partial charge in [0.15, 0.2) is 11.5 Å². The largest absolute Gasteiger partial charge is 0.350 e. The highest BCUT2D eigenvalue weighted by Gasteiger charge is 2.23. The van der Waals surface area contributed by atoms with Crippen LogP contribution < -0.4 is 11.1 Å². The summed E-state index contributed by atoms with van der Waals surface area (Å²) in [5.74, 6) is 1.29. The standard InChI is InChI=1S/C18H20N8/c19-11-5-1-2-6-12(11)23-18-24-16-15(20-9-21-16)17(25-18)26-10-22-13-7-3-4-8-14(13)26/h3-4,7-12H,1-2,5-6,19H2,(H2,20,21,23,24,25)/t11-,12-/m0/s1. The quantitative estimate of drug-likeness (QED) is 0.524. The molecule has 1 fully saturated rings. The first kappa shape index (κ1) is 15.3. The third kappa shape index (κ3) is 2.50. The van der Waals surface area contributed by atoms with Crippen LogP contribution in [0, 0.1) is 0 Å². The Labute approximate surface area is 149 Å². The molecule has 0 amide bonds. The summed E-state index contributed by atoms with van der Waals surface area (Å²) >= 11 is 0. The van der Waals surface area contributed by atoms with E-state index in [0.29, 0.717) is 11.6 Å². The van der Waals surface area contributed by atoms with Crippen molar-refractivity contribution in [2.24, 2.45) is 5.73 Å². The molecule has 2 atom stereocenters. The first-order valence-electron chi connectivity index (χ1n) is 8.95. The van der Waals surface area contributed by atoms with Crippen molar-refractivity contribution in [3.63, 3.8) is 0 Å². The average Bonchev–Trinajstić information content (AvgIpc) is 3.30. The van der Waals surface area contributed by atoms with E-state index in [4.69, 9.17) is 10.7 Å². The van der Waals surface area contributed by atoms with Gasteiger partial charge in [-0.1, -0.05) is 25.0 Å². The van der Waals surface area contributed by atoms with Gasteiger partial charge in [-0.2, -0.15) is 9.97 Å². The lowest BCUT2D eigenvalue weighted by molar-refractivity contribution is 0.402. The summed E-state index contributed by atoms with van der Waals surface area (Å²) < 4.78 is 1.96. The number of anilines is 1. The minimum atomic E-state index is 0.125. The van der Waals surface area contributed by atoms with Gasteiger partial charge >= 0.3 is 0 Å². The van der Waals surface area contributed by atoms with Crippen molar-refractivity contribution < 1.29 is 0 Å². The monoisotopic (exact) mass is 348 g/mol. The smallest absolute Gasteiger partial charge is 0.227 e.